The third-order valence-electron chi connectivity index (χ3n) is 8.16. The van der Waals surface area contributed by atoms with Crippen LogP contribution in [-0.4, -0.2) is 18.0 Å². The van der Waals surface area contributed by atoms with Gasteiger partial charge in [0.15, 0.2) is 0 Å². The van der Waals surface area contributed by atoms with Crippen LogP contribution in [0.1, 0.15) is 70.3 Å². The SMILES string of the molecule is CC[C@@H](NC(=O)NCc1ccc(NC(=O)C2CC2)cc1)C12CC3CC(CC(C3)C1)C2. The fraction of sp³-hybridized carbons (Fsp3) is 0.680. The Kier molecular flexibility index (Phi) is 5.24. The molecule has 5 aliphatic rings. The molecule has 5 heteroatoms. The fourth-order valence-electron chi connectivity index (χ4n) is 6.98. The number of amides is 3. The van der Waals surface area contributed by atoms with E-state index < -0.39 is 0 Å². The van der Waals surface area contributed by atoms with Gasteiger partial charge in [0.05, 0.1) is 0 Å². The number of rotatable bonds is 7. The molecule has 0 saturated heterocycles. The largest absolute Gasteiger partial charge is 0.335 e. The highest BCUT2D eigenvalue weighted by molar-refractivity contribution is 5.94. The number of anilines is 1. The molecule has 1 atom stereocenters. The van der Waals surface area contributed by atoms with E-state index in [2.05, 4.69) is 22.9 Å². The van der Waals surface area contributed by atoms with Crippen LogP contribution in [0.15, 0.2) is 24.3 Å². The quantitative estimate of drug-likeness (QED) is 0.604. The van der Waals surface area contributed by atoms with Gasteiger partial charge in [0.1, 0.15) is 0 Å². The molecule has 1 aromatic carbocycles. The minimum atomic E-state index is -0.0521. The molecule has 1 aromatic rings. The molecule has 0 spiro atoms. The maximum absolute atomic E-state index is 12.7. The van der Waals surface area contributed by atoms with Gasteiger partial charge in [-0.05, 0) is 98.7 Å². The van der Waals surface area contributed by atoms with Crippen molar-refractivity contribution in [3.8, 4) is 0 Å². The molecule has 5 nitrogen and oxygen atoms in total. The third kappa shape index (κ3) is 4.08. The molecule has 3 amide bonds. The monoisotopic (exact) mass is 409 g/mol. The minimum absolute atomic E-state index is 0.0521. The van der Waals surface area contributed by atoms with Gasteiger partial charge >= 0.3 is 6.03 Å². The number of nitrogens with one attached hydrogen (secondary N) is 3. The number of benzene rings is 1. The average Bonchev–Trinajstić information content (AvgIpc) is 3.56. The Labute approximate surface area is 179 Å². The van der Waals surface area contributed by atoms with Crippen molar-refractivity contribution >= 4 is 17.6 Å². The maximum Gasteiger partial charge on any atom is 0.315 e. The number of carbonyl (C=O) groups is 2. The van der Waals surface area contributed by atoms with Crippen LogP contribution in [0.5, 0.6) is 0 Å². The van der Waals surface area contributed by atoms with E-state index in [9.17, 15) is 9.59 Å². The van der Waals surface area contributed by atoms with Crippen molar-refractivity contribution in [3.63, 3.8) is 0 Å². The standard InChI is InChI=1S/C25H35N3O2/c1-2-22(25-12-17-9-18(13-25)11-19(10-17)14-25)28-24(30)26-15-16-3-7-21(8-4-16)27-23(29)20-5-6-20/h3-4,7-8,17-20,22H,2,5-6,9-15H2,1H3,(H,27,29)(H2,26,28,30)/t17?,18?,19?,22-,25?/m1/s1. The summed E-state index contributed by atoms with van der Waals surface area (Å²) >= 11 is 0. The molecule has 162 valence electrons. The van der Waals surface area contributed by atoms with Crippen LogP contribution in [0.3, 0.4) is 0 Å². The van der Waals surface area contributed by atoms with E-state index >= 15 is 0 Å². The van der Waals surface area contributed by atoms with Crippen LogP contribution in [0.25, 0.3) is 0 Å². The molecule has 0 aliphatic heterocycles. The lowest BCUT2D eigenvalue weighted by atomic mass is 9.47. The Balaban J connectivity index is 1.13. The van der Waals surface area contributed by atoms with Gasteiger partial charge in [-0.2, -0.15) is 0 Å². The minimum Gasteiger partial charge on any atom is -0.335 e. The number of urea groups is 1. The summed E-state index contributed by atoms with van der Waals surface area (Å²) in [5.74, 6) is 3.02. The zero-order valence-corrected chi connectivity index (χ0v) is 18.1. The molecule has 0 aromatic heterocycles. The molecule has 3 N–H and O–H groups in total. The van der Waals surface area contributed by atoms with E-state index in [1.54, 1.807) is 0 Å². The number of hydrogen-bond donors (Lipinski definition) is 3. The van der Waals surface area contributed by atoms with Gasteiger partial charge < -0.3 is 16.0 Å². The van der Waals surface area contributed by atoms with E-state index in [1.165, 1.54) is 38.5 Å². The zero-order valence-electron chi connectivity index (χ0n) is 18.1. The smallest absolute Gasteiger partial charge is 0.315 e. The van der Waals surface area contributed by atoms with Crippen LogP contribution in [-0.2, 0) is 11.3 Å². The summed E-state index contributed by atoms with van der Waals surface area (Å²) < 4.78 is 0. The highest BCUT2D eigenvalue weighted by Gasteiger charge is 2.54. The molecule has 6 rings (SSSR count). The Morgan fingerprint density at radius 1 is 1.00 bits per heavy atom. The number of carbonyl (C=O) groups excluding carboxylic acids is 2. The molecule has 0 radical (unpaired) electrons. The second kappa shape index (κ2) is 7.90. The van der Waals surface area contributed by atoms with Crippen molar-refractivity contribution in [1.82, 2.24) is 10.6 Å². The Hall–Kier alpha value is -2.04. The Morgan fingerprint density at radius 3 is 2.13 bits per heavy atom. The van der Waals surface area contributed by atoms with Crippen LogP contribution >= 0.6 is 0 Å². The Bertz CT molecular complexity index is 764. The van der Waals surface area contributed by atoms with Crippen molar-refractivity contribution in [1.29, 1.82) is 0 Å². The first kappa shape index (κ1) is 19.9. The van der Waals surface area contributed by atoms with Gasteiger partial charge in [-0.25, -0.2) is 4.79 Å². The lowest BCUT2D eigenvalue weighted by Gasteiger charge is -2.59. The van der Waals surface area contributed by atoms with Crippen LogP contribution in [0.4, 0.5) is 10.5 Å². The molecule has 5 fully saturated rings. The molecular weight excluding hydrogens is 374 g/mol. The first-order chi connectivity index (χ1) is 14.5. The first-order valence-electron chi connectivity index (χ1n) is 12.0. The van der Waals surface area contributed by atoms with E-state index in [1.807, 2.05) is 24.3 Å². The molecule has 5 saturated carbocycles. The third-order valence-corrected chi connectivity index (χ3v) is 8.16. The fourth-order valence-corrected chi connectivity index (χ4v) is 6.98. The van der Waals surface area contributed by atoms with Gasteiger partial charge in [-0.3, -0.25) is 4.79 Å². The first-order valence-corrected chi connectivity index (χ1v) is 12.0. The lowest BCUT2D eigenvalue weighted by molar-refractivity contribution is -0.117. The summed E-state index contributed by atoms with van der Waals surface area (Å²) in [6, 6.07) is 8.01. The van der Waals surface area contributed by atoms with Crippen LogP contribution in [0, 0.1) is 29.1 Å². The lowest BCUT2D eigenvalue weighted by Crippen LogP contribution is -2.57. The summed E-state index contributed by atoms with van der Waals surface area (Å²) in [7, 11) is 0. The molecule has 30 heavy (non-hydrogen) atoms. The van der Waals surface area contributed by atoms with Gasteiger partial charge in [-0.1, -0.05) is 19.1 Å². The predicted molar refractivity (Wildman–Crippen MR) is 118 cm³/mol. The van der Waals surface area contributed by atoms with E-state index in [0.29, 0.717) is 12.0 Å². The highest BCUT2D eigenvalue weighted by Crippen LogP contribution is 2.61. The van der Waals surface area contributed by atoms with Crippen molar-refractivity contribution in [3.05, 3.63) is 29.8 Å². The topological polar surface area (TPSA) is 70.2 Å². The normalized spacial score (nSPS) is 32.5. The summed E-state index contributed by atoms with van der Waals surface area (Å²) in [6.45, 7) is 2.72. The summed E-state index contributed by atoms with van der Waals surface area (Å²) in [4.78, 5) is 24.6. The Morgan fingerprint density at radius 2 is 1.60 bits per heavy atom. The van der Waals surface area contributed by atoms with Gasteiger partial charge in [0, 0.05) is 24.2 Å². The van der Waals surface area contributed by atoms with Crippen LogP contribution in [0.2, 0.25) is 0 Å². The van der Waals surface area contributed by atoms with Crippen molar-refractivity contribution in [2.45, 2.75) is 77.3 Å². The second-order valence-electron chi connectivity index (χ2n) is 10.5. The zero-order chi connectivity index (χ0) is 20.7. The van der Waals surface area contributed by atoms with Crippen molar-refractivity contribution in [2.24, 2.45) is 29.1 Å². The van der Waals surface area contributed by atoms with Gasteiger partial charge in [0.2, 0.25) is 5.91 Å². The molecule has 0 unspecified atom stereocenters. The van der Waals surface area contributed by atoms with Crippen LogP contribution < -0.4 is 16.0 Å². The predicted octanol–water partition coefficient (Wildman–Crippen LogP) is 4.83. The second-order valence-corrected chi connectivity index (χ2v) is 10.5. The summed E-state index contributed by atoms with van der Waals surface area (Å²) in [5, 5.41) is 9.34. The highest BCUT2D eigenvalue weighted by atomic mass is 16.2. The van der Waals surface area contributed by atoms with Gasteiger partial charge in [-0.15, -0.1) is 0 Å². The summed E-state index contributed by atoms with van der Waals surface area (Å²) in [5.41, 5.74) is 2.20. The van der Waals surface area contributed by atoms with E-state index in [0.717, 1.165) is 48.3 Å². The molecule has 0 heterocycles. The van der Waals surface area contributed by atoms with Crippen molar-refractivity contribution < 1.29 is 9.59 Å². The maximum atomic E-state index is 12.7. The van der Waals surface area contributed by atoms with Gasteiger partial charge in [0.25, 0.3) is 0 Å². The number of hydrogen-bond acceptors (Lipinski definition) is 2. The van der Waals surface area contributed by atoms with E-state index in [4.69, 9.17) is 0 Å². The van der Waals surface area contributed by atoms with E-state index in [-0.39, 0.29) is 23.9 Å². The van der Waals surface area contributed by atoms with Crippen molar-refractivity contribution in [2.75, 3.05) is 5.32 Å². The molecular formula is C25H35N3O2. The average molecular weight is 410 g/mol. The molecule has 4 bridgehead atoms. The summed E-state index contributed by atoms with van der Waals surface area (Å²) in [6.07, 6.45) is 11.2. The molecule has 5 aliphatic carbocycles.